The first-order valence-corrected chi connectivity index (χ1v) is 8.67. The second kappa shape index (κ2) is 7.48. The highest BCUT2D eigenvalue weighted by Gasteiger charge is 2.37. The fourth-order valence-electron chi connectivity index (χ4n) is 3.51. The zero-order valence-corrected chi connectivity index (χ0v) is 14.5. The number of pyridine rings is 1. The van der Waals surface area contributed by atoms with Gasteiger partial charge in [-0.15, -0.1) is 0 Å². The molecule has 0 radical (unpaired) electrons. The van der Waals surface area contributed by atoms with Gasteiger partial charge in [-0.2, -0.15) is 13.2 Å². The van der Waals surface area contributed by atoms with Gasteiger partial charge in [0.25, 0.3) is 0 Å². The lowest BCUT2D eigenvalue weighted by Gasteiger charge is -2.19. The van der Waals surface area contributed by atoms with Gasteiger partial charge in [-0.1, -0.05) is 36.4 Å². The molecular weight excluding hydrogens is 341 g/mol. The zero-order chi connectivity index (χ0) is 18.7. The van der Waals surface area contributed by atoms with Gasteiger partial charge in [-0.05, 0) is 42.9 Å². The van der Waals surface area contributed by atoms with Crippen LogP contribution in [0.4, 0.5) is 13.2 Å². The summed E-state index contributed by atoms with van der Waals surface area (Å²) >= 11 is 0. The van der Waals surface area contributed by atoms with E-state index in [1.807, 2.05) is 25.2 Å². The second-order valence-electron chi connectivity index (χ2n) is 6.81. The lowest BCUT2D eigenvalue weighted by molar-refractivity contribution is -0.141. The molecule has 1 aromatic heterocycles. The number of hydrogen-bond acceptors (Lipinski definition) is 2. The van der Waals surface area contributed by atoms with Crippen molar-refractivity contribution in [2.45, 2.75) is 37.9 Å². The van der Waals surface area contributed by atoms with E-state index in [0.29, 0.717) is 12.0 Å². The van der Waals surface area contributed by atoms with Crippen molar-refractivity contribution < 1.29 is 18.0 Å². The predicted molar refractivity (Wildman–Crippen MR) is 92.4 cm³/mol. The van der Waals surface area contributed by atoms with Crippen molar-refractivity contribution in [1.82, 2.24) is 9.88 Å². The van der Waals surface area contributed by atoms with Crippen molar-refractivity contribution in [3.63, 3.8) is 0 Å². The minimum absolute atomic E-state index is 0.0583. The van der Waals surface area contributed by atoms with Crippen molar-refractivity contribution in [2.24, 2.45) is 5.92 Å². The van der Waals surface area contributed by atoms with Crippen LogP contribution < -0.4 is 0 Å². The molecule has 1 saturated heterocycles. The van der Waals surface area contributed by atoms with Crippen molar-refractivity contribution >= 4 is 5.91 Å². The maximum Gasteiger partial charge on any atom is 0.433 e. The Morgan fingerprint density at radius 1 is 1.12 bits per heavy atom. The van der Waals surface area contributed by atoms with Crippen molar-refractivity contribution in [1.29, 1.82) is 0 Å². The Labute approximate surface area is 150 Å². The first-order chi connectivity index (χ1) is 12.3. The van der Waals surface area contributed by atoms with Crippen LogP contribution in [-0.2, 0) is 23.8 Å². The van der Waals surface area contributed by atoms with Crippen LogP contribution in [0.1, 0.15) is 29.7 Å². The monoisotopic (exact) mass is 362 g/mol. The van der Waals surface area contributed by atoms with Gasteiger partial charge in [-0.3, -0.25) is 9.78 Å². The summed E-state index contributed by atoms with van der Waals surface area (Å²) in [5.41, 5.74) is 0.994. The van der Waals surface area contributed by atoms with E-state index in [0.717, 1.165) is 25.3 Å². The van der Waals surface area contributed by atoms with E-state index in [1.54, 1.807) is 4.90 Å². The zero-order valence-electron chi connectivity index (χ0n) is 14.5. The molecule has 2 heterocycles. The maximum absolute atomic E-state index is 12.6. The number of amides is 1. The number of likely N-dealkylation sites (tertiary alicyclic amines) is 1. The topological polar surface area (TPSA) is 33.2 Å². The summed E-state index contributed by atoms with van der Waals surface area (Å²) in [7, 11) is 1.81. The Hall–Kier alpha value is -2.37. The number of hydrogen-bond donors (Lipinski definition) is 0. The molecule has 1 aliphatic rings. The summed E-state index contributed by atoms with van der Waals surface area (Å²) in [4.78, 5) is 17.7. The van der Waals surface area contributed by atoms with Crippen molar-refractivity contribution in [3.05, 3.63) is 65.5 Å². The Balaban J connectivity index is 1.60. The van der Waals surface area contributed by atoms with Gasteiger partial charge in [0.2, 0.25) is 5.91 Å². The van der Waals surface area contributed by atoms with Gasteiger partial charge in [0.05, 0.1) is 0 Å². The molecule has 138 valence electrons. The highest BCUT2D eigenvalue weighted by Crippen LogP contribution is 2.30. The van der Waals surface area contributed by atoms with Crippen LogP contribution in [-0.4, -0.2) is 28.9 Å². The molecule has 1 amide bonds. The molecule has 0 aliphatic carbocycles. The summed E-state index contributed by atoms with van der Waals surface area (Å²) in [6.07, 6.45) is -0.275. The SMILES string of the molecule is CN1C(=O)C(Cc2ccc(C(F)(F)F)nc2)CC1CCc1ccccc1. The van der Waals surface area contributed by atoms with Crippen molar-refractivity contribution in [3.8, 4) is 0 Å². The third-order valence-electron chi connectivity index (χ3n) is 5.01. The van der Waals surface area contributed by atoms with Crippen LogP contribution in [0.5, 0.6) is 0 Å². The number of nitrogens with zero attached hydrogens (tertiary/aromatic N) is 2. The lowest BCUT2D eigenvalue weighted by Crippen LogP contribution is -2.30. The number of rotatable bonds is 5. The van der Waals surface area contributed by atoms with Gasteiger partial charge in [0, 0.05) is 25.2 Å². The van der Waals surface area contributed by atoms with E-state index in [1.165, 1.54) is 17.8 Å². The molecule has 0 bridgehead atoms. The normalized spacial score (nSPS) is 20.6. The first kappa shape index (κ1) is 18.4. The number of benzene rings is 1. The van der Waals surface area contributed by atoms with Crippen LogP contribution in [0, 0.1) is 5.92 Å². The van der Waals surface area contributed by atoms with Gasteiger partial charge in [0.1, 0.15) is 5.69 Å². The third-order valence-corrected chi connectivity index (χ3v) is 5.01. The van der Waals surface area contributed by atoms with E-state index >= 15 is 0 Å². The molecule has 2 aromatic rings. The molecule has 0 spiro atoms. The smallest absolute Gasteiger partial charge is 0.342 e. The van der Waals surface area contributed by atoms with Gasteiger partial charge >= 0.3 is 6.18 Å². The molecule has 3 nitrogen and oxygen atoms in total. The van der Waals surface area contributed by atoms with E-state index in [9.17, 15) is 18.0 Å². The Morgan fingerprint density at radius 3 is 2.46 bits per heavy atom. The summed E-state index contributed by atoms with van der Waals surface area (Å²) in [5, 5.41) is 0. The quantitative estimate of drug-likeness (QED) is 0.802. The fraction of sp³-hybridized carbons (Fsp3) is 0.400. The largest absolute Gasteiger partial charge is 0.433 e. The second-order valence-corrected chi connectivity index (χ2v) is 6.81. The standard InChI is InChI=1S/C20H21F3N2O/c1-25-17(9-7-14-5-3-2-4-6-14)12-16(19(25)26)11-15-8-10-18(24-13-15)20(21,22)23/h2-6,8,10,13,16-17H,7,9,11-12H2,1H3. The molecule has 2 atom stereocenters. The maximum atomic E-state index is 12.6. The molecule has 0 N–H and O–H groups in total. The predicted octanol–water partition coefficient (Wildman–Crippen LogP) is 4.12. The van der Waals surface area contributed by atoms with Gasteiger partial charge < -0.3 is 4.90 Å². The number of alkyl halides is 3. The van der Waals surface area contributed by atoms with E-state index in [2.05, 4.69) is 17.1 Å². The Kier molecular flexibility index (Phi) is 5.30. The summed E-state index contributed by atoms with van der Waals surface area (Å²) in [6, 6.07) is 12.7. The van der Waals surface area contributed by atoms with Crippen molar-refractivity contribution in [2.75, 3.05) is 7.05 Å². The average molecular weight is 362 g/mol. The van der Waals surface area contributed by atoms with Crippen LogP contribution in [0.25, 0.3) is 0 Å². The third kappa shape index (κ3) is 4.23. The van der Waals surface area contributed by atoms with Crippen LogP contribution >= 0.6 is 0 Å². The fourth-order valence-corrected chi connectivity index (χ4v) is 3.51. The van der Waals surface area contributed by atoms with Crippen LogP contribution in [0.2, 0.25) is 0 Å². The van der Waals surface area contributed by atoms with Crippen LogP contribution in [0.15, 0.2) is 48.7 Å². The first-order valence-electron chi connectivity index (χ1n) is 8.67. The molecule has 1 aliphatic heterocycles. The number of aromatic nitrogens is 1. The molecule has 0 saturated carbocycles. The molecule has 6 heteroatoms. The van der Waals surface area contributed by atoms with Crippen LogP contribution in [0.3, 0.4) is 0 Å². The molecule has 1 aromatic carbocycles. The van der Waals surface area contributed by atoms with E-state index in [-0.39, 0.29) is 17.9 Å². The average Bonchev–Trinajstić information content (AvgIpc) is 2.88. The summed E-state index contributed by atoms with van der Waals surface area (Å²) < 4.78 is 37.8. The Bertz CT molecular complexity index is 744. The Morgan fingerprint density at radius 2 is 1.85 bits per heavy atom. The van der Waals surface area contributed by atoms with E-state index < -0.39 is 11.9 Å². The van der Waals surface area contributed by atoms with Gasteiger partial charge in [0.15, 0.2) is 0 Å². The minimum atomic E-state index is -4.44. The molecule has 2 unspecified atom stereocenters. The molecule has 26 heavy (non-hydrogen) atoms. The number of carbonyl (C=O) groups excluding carboxylic acids is 1. The number of carbonyl (C=O) groups is 1. The molecule has 1 fully saturated rings. The van der Waals surface area contributed by atoms with E-state index in [4.69, 9.17) is 0 Å². The lowest BCUT2D eigenvalue weighted by atomic mass is 9.95. The molecule has 3 rings (SSSR count). The number of halogens is 3. The molecular formula is C20H21F3N2O. The summed E-state index contributed by atoms with van der Waals surface area (Å²) in [5.74, 6) is -0.137. The van der Waals surface area contributed by atoms with Gasteiger partial charge in [-0.25, -0.2) is 0 Å². The highest BCUT2D eigenvalue weighted by atomic mass is 19.4. The minimum Gasteiger partial charge on any atom is -0.342 e. The number of aryl methyl sites for hydroxylation is 1. The highest BCUT2D eigenvalue weighted by molar-refractivity contribution is 5.81. The summed E-state index contributed by atoms with van der Waals surface area (Å²) in [6.45, 7) is 0.